The summed E-state index contributed by atoms with van der Waals surface area (Å²) >= 11 is 0. The van der Waals surface area contributed by atoms with Crippen LogP contribution in [-0.4, -0.2) is 47.7 Å². The van der Waals surface area contributed by atoms with Crippen molar-refractivity contribution in [1.82, 2.24) is 10.2 Å². The Balaban J connectivity index is 2.41. The number of carbonyl (C=O) groups is 1. The summed E-state index contributed by atoms with van der Waals surface area (Å²) in [6, 6.07) is 0.330. The zero-order chi connectivity index (χ0) is 13.8. The number of hydrogen-bond acceptors (Lipinski definition) is 3. The predicted octanol–water partition coefficient (Wildman–Crippen LogP) is 1.38. The molecule has 1 aliphatic carbocycles. The van der Waals surface area contributed by atoms with Crippen LogP contribution in [0.15, 0.2) is 0 Å². The Bertz CT molecular complexity index is 273. The Morgan fingerprint density at radius 3 is 2.56 bits per heavy atom. The molecule has 2 N–H and O–H groups in total. The third kappa shape index (κ3) is 4.25. The third-order valence-electron chi connectivity index (χ3n) is 4.26. The highest BCUT2D eigenvalue weighted by atomic mass is 16.3. The van der Waals surface area contributed by atoms with Crippen molar-refractivity contribution in [1.29, 1.82) is 0 Å². The fourth-order valence-corrected chi connectivity index (χ4v) is 2.33. The zero-order valence-electron chi connectivity index (χ0n) is 12.2. The van der Waals surface area contributed by atoms with Crippen molar-refractivity contribution in [2.24, 2.45) is 5.92 Å². The summed E-state index contributed by atoms with van der Waals surface area (Å²) < 4.78 is 0. The third-order valence-corrected chi connectivity index (χ3v) is 4.26. The van der Waals surface area contributed by atoms with Crippen LogP contribution >= 0.6 is 0 Å². The molecule has 0 heterocycles. The van der Waals surface area contributed by atoms with Crippen LogP contribution < -0.4 is 5.32 Å². The Labute approximate surface area is 111 Å². The zero-order valence-corrected chi connectivity index (χ0v) is 12.2. The SMILES string of the molecule is CC1CCCCC1NC(=O)CN(C)C(C)(C)CO. The van der Waals surface area contributed by atoms with Crippen molar-refractivity contribution in [2.75, 3.05) is 20.2 Å². The van der Waals surface area contributed by atoms with Gasteiger partial charge >= 0.3 is 0 Å². The monoisotopic (exact) mass is 256 g/mol. The second-order valence-electron chi connectivity index (χ2n) is 6.26. The molecule has 0 aliphatic heterocycles. The Hall–Kier alpha value is -0.610. The van der Waals surface area contributed by atoms with Crippen LogP contribution in [-0.2, 0) is 4.79 Å². The molecule has 1 fully saturated rings. The van der Waals surface area contributed by atoms with Crippen LogP contribution in [0.3, 0.4) is 0 Å². The van der Waals surface area contributed by atoms with Crippen molar-refractivity contribution < 1.29 is 9.90 Å². The molecular formula is C14H28N2O2. The lowest BCUT2D eigenvalue weighted by atomic mass is 9.86. The number of nitrogens with one attached hydrogen (secondary N) is 1. The fraction of sp³-hybridized carbons (Fsp3) is 0.929. The van der Waals surface area contributed by atoms with E-state index in [0.717, 1.165) is 6.42 Å². The minimum atomic E-state index is -0.352. The van der Waals surface area contributed by atoms with E-state index in [-0.39, 0.29) is 18.1 Å². The summed E-state index contributed by atoms with van der Waals surface area (Å²) in [5.74, 6) is 0.650. The van der Waals surface area contributed by atoms with Crippen molar-refractivity contribution in [3.8, 4) is 0 Å². The molecular weight excluding hydrogens is 228 g/mol. The molecule has 1 rings (SSSR count). The number of carbonyl (C=O) groups excluding carboxylic acids is 1. The molecule has 2 unspecified atom stereocenters. The summed E-state index contributed by atoms with van der Waals surface area (Å²) in [5, 5.41) is 12.4. The first kappa shape index (κ1) is 15.4. The van der Waals surface area contributed by atoms with Crippen LogP contribution in [0.25, 0.3) is 0 Å². The van der Waals surface area contributed by atoms with Gasteiger partial charge in [0, 0.05) is 11.6 Å². The van der Waals surface area contributed by atoms with E-state index in [4.69, 9.17) is 0 Å². The van der Waals surface area contributed by atoms with E-state index in [1.807, 2.05) is 25.8 Å². The minimum Gasteiger partial charge on any atom is -0.394 e. The Morgan fingerprint density at radius 1 is 1.39 bits per heavy atom. The molecule has 1 amide bonds. The molecule has 2 atom stereocenters. The van der Waals surface area contributed by atoms with Crippen LogP contribution in [0.5, 0.6) is 0 Å². The standard InChI is InChI=1S/C14H28N2O2/c1-11-7-5-6-8-12(11)15-13(18)9-16(4)14(2,3)10-17/h11-12,17H,5-10H2,1-4H3,(H,15,18). The van der Waals surface area contributed by atoms with Crippen molar-refractivity contribution in [2.45, 2.75) is 58.0 Å². The lowest BCUT2D eigenvalue weighted by Crippen LogP contribution is -2.51. The molecule has 106 valence electrons. The highest BCUT2D eigenvalue weighted by molar-refractivity contribution is 5.78. The van der Waals surface area contributed by atoms with E-state index < -0.39 is 0 Å². The molecule has 0 aromatic rings. The number of likely N-dealkylation sites (N-methyl/N-ethyl adjacent to an activating group) is 1. The highest BCUT2D eigenvalue weighted by Gasteiger charge is 2.27. The van der Waals surface area contributed by atoms with Gasteiger partial charge in [0.2, 0.25) is 5.91 Å². The minimum absolute atomic E-state index is 0.0522. The van der Waals surface area contributed by atoms with Gasteiger partial charge in [-0.25, -0.2) is 0 Å². The van der Waals surface area contributed by atoms with Gasteiger partial charge < -0.3 is 10.4 Å². The van der Waals surface area contributed by atoms with Crippen LogP contribution in [0, 0.1) is 5.92 Å². The molecule has 4 heteroatoms. The molecule has 1 saturated carbocycles. The first-order valence-electron chi connectivity index (χ1n) is 6.98. The van der Waals surface area contributed by atoms with Crippen molar-refractivity contribution >= 4 is 5.91 Å². The number of rotatable bonds is 5. The summed E-state index contributed by atoms with van der Waals surface area (Å²) in [6.07, 6.45) is 4.81. The summed E-state index contributed by atoms with van der Waals surface area (Å²) in [6.45, 7) is 6.48. The van der Waals surface area contributed by atoms with Gasteiger partial charge in [-0.05, 0) is 39.7 Å². The largest absolute Gasteiger partial charge is 0.394 e. The summed E-state index contributed by atoms with van der Waals surface area (Å²) in [5.41, 5.74) is -0.352. The van der Waals surface area contributed by atoms with Gasteiger partial charge in [-0.15, -0.1) is 0 Å². The number of nitrogens with zero attached hydrogens (tertiary/aromatic N) is 1. The highest BCUT2D eigenvalue weighted by Crippen LogP contribution is 2.23. The van der Waals surface area contributed by atoms with Gasteiger partial charge in [-0.3, -0.25) is 9.69 Å². The molecule has 0 radical (unpaired) electrons. The van der Waals surface area contributed by atoms with Gasteiger partial charge in [-0.2, -0.15) is 0 Å². The van der Waals surface area contributed by atoms with Crippen molar-refractivity contribution in [3.05, 3.63) is 0 Å². The number of aliphatic hydroxyl groups is 1. The first-order valence-corrected chi connectivity index (χ1v) is 6.98. The quantitative estimate of drug-likeness (QED) is 0.781. The number of amides is 1. The van der Waals surface area contributed by atoms with E-state index >= 15 is 0 Å². The van der Waals surface area contributed by atoms with Gasteiger partial charge in [0.1, 0.15) is 0 Å². The number of aliphatic hydroxyl groups excluding tert-OH is 1. The van der Waals surface area contributed by atoms with Gasteiger partial charge in [0.05, 0.1) is 13.2 Å². The lowest BCUT2D eigenvalue weighted by Gasteiger charge is -2.35. The maximum atomic E-state index is 12.0. The average Bonchev–Trinajstić information content (AvgIpc) is 2.32. The molecule has 0 spiro atoms. The van der Waals surface area contributed by atoms with E-state index in [9.17, 15) is 9.90 Å². The van der Waals surface area contributed by atoms with Crippen LogP contribution in [0.2, 0.25) is 0 Å². The second kappa shape index (κ2) is 6.53. The second-order valence-corrected chi connectivity index (χ2v) is 6.26. The Kier molecular flexibility index (Phi) is 5.60. The smallest absolute Gasteiger partial charge is 0.234 e. The van der Waals surface area contributed by atoms with E-state index in [0.29, 0.717) is 18.5 Å². The molecule has 0 aromatic carbocycles. The van der Waals surface area contributed by atoms with Crippen LogP contribution in [0.4, 0.5) is 0 Å². The van der Waals surface area contributed by atoms with Gasteiger partial charge in [0.25, 0.3) is 0 Å². The fourth-order valence-electron chi connectivity index (χ4n) is 2.33. The normalized spacial score (nSPS) is 25.2. The maximum absolute atomic E-state index is 12.0. The first-order chi connectivity index (χ1) is 8.36. The molecule has 0 aromatic heterocycles. The maximum Gasteiger partial charge on any atom is 0.234 e. The van der Waals surface area contributed by atoms with E-state index in [2.05, 4.69) is 12.2 Å². The molecule has 0 bridgehead atoms. The molecule has 4 nitrogen and oxygen atoms in total. The lowest BCUT2D eigenvalue weighted by molar-refractivity contribution is -0.124. The number of hydrogen-bond donors (Lipinski definition) is 2. The summed E-state index contributed by atoms with van der Waals surface area (Å²) in [4.78, 5) is 13.9. The van der Waals surface area contributed by atoms with Crippen LogP contribution in [0.1, 0.15) is 46.5 Å². The van der Waals surface area contributed by atoms with E-state index in [1.165, 1.54) is 19.3 Å². The molecule has 1 aliphatic rings. The topological polar surface area (TPSA) is 52.6 Å². The summed E-state index contributed by atoms with van der Waals surface area (Å²) in [7, 11) is 1.88. The molecule has 0 saturated heterocycles. The Morgan fingerprint density at radius 2 is 2.00 bits per heavy atom. The van der Waals surface area contributed by atoms with E-state index in [1.54, 1.807) is 0 Å². The predicted molar refractivity (Wildman–Crippen MR) is 73.4 cm³/mol. The average molecular weight is 256 g/mol. The molecule has 18 heavy (non-hydrogen) atoms. The van der Waals surface area contributed by atoms with Gasteiger partial charge in [-0.1, -0.05) is 19.8 Å². The van der Waals surface area contributed by atoms with Crippen molar-refractivity contribution in [3.63, 3.8) is 0 Å². The van der Waals surface area contributed by atoms with Gasteiger partial charge in [0.15, 0.2) is 0 Å².